The molecule has 3 aliphatic carbocycles. The standard InChI is InChI=1S/C18H35P2.Pd/c19-20(16-10-4-1-5-11-16,17-12-6-2-7-13-17)18-14-8-3-9-15-18;/h16-20H,1-15H2;/q-1;+1. The van der Waals surface area contributed by atoms with Gasteiger partial charge in [-0.1, -0.05) is 0 Å². The van der Waals surface area contributed by atoms with Gasteiger partial charge in [0, 0.05) is 0 Å². The first-order valence-corrected chi connectivity index (χ1v) is 16.1. The Labute approximate surface area is 145 Å². The average Bonchev–Trinajstić information content (AvgIpc) is 2.59. The second kappa shape index (κ2) is 8.57. The van der Waals surface area contributed by atoms with E-state index in [4.69, 9.17) is 0 Å². The van der Waals surface area contributed by atoms with Crippen molar-refractivity contribution in [2.24, 2.45) is 0 Å². The maximum absolute atomic E-state index is 3.87. The molecule has 0 N–H and O–H groups in total. The zero-order chi connectivity index (χ0) is 14.5. The summed E-state index contributed by atoms with van der Waals surface area (Å²) < 4.78 is 0. The number of rotatable bonds is 4. The summed E-state index contributed by atoms with van der Waals surface area (Å²) in [6.07, 6.45) is 23.6. The topological polar surface area (TPSA) is 0 Å². The third kappa shape index (κ3) is 3.79. The molecule has 0 bridgehead atoms. The van der Waals surface area contributed by atoms with Gasteiger partial charge in [0.05, 0.1) is 0 Å². The molecule has 0 heterocycles. The van der Waals surface area contributed by atoms with Gasteiger partial charge in [0.2, 0.25) is 0 Å². The Balaban J connectivity index is 1.85. The second-order valence-corrected chi connectivity index (χ2v) is 19.1. The SMILES string of the molecule is [Pd][PH][PH](C1CCCCC1)(C1CCCCC1)C1CCCCC1. The summed E-state index contributed by atoms with van der Waals surface area (Å²) in [5, 5.41) is 0. The third-order valence-corrected chi connectivity index (χ3v) is 23.6. The van der Waals surface area contributed by atoms with E-state index in [1.807, 2.05) is 0 Å². The molecule has 0 aliphatic heterocycles. The molecular formula is C18H35P2Pd. The van der Waals surface area contributed by atoms with Gasteiger partial charge in [-0.25, -0.2) is 0 Å². The summed E-state index contributed by atoms with van der Waals surface area (Å²) in [4.78, 5) is 0. The van der Waals surface area contributed by atoms with Crippen molar-refractivity contribution < 1.29 is 18.7 Å². The Bertz CT molecular complexity index is 257. The summed E-state index contributed by atoms with van der Waals surface area (Å²) in [6.45, 7) is 0.0948. The Hall–Kier alpha value is 1.52. The van der Waals surface area contributed by atoms with Crippen molar-refractivity contribution in [3.05, 3.63) is 0 Å². The van der Waals surface area contributed by atoms with Crippen molar-refractivity contribution >= 4 is 13.4 Å². The van der Waals surface area contributed by atoms with Crippen molar-refractivity contribution in [3.63, 3.8) is 0 Å². The summed E-state index contributed by atoms with van der Waals surface area (Å²) >= 11 is 3.87. The average molecular weight is 420 g/mol. The van der Waals surface area contributed by atoms with E-state index in [-0.39, 0.29) is 0 Å². The van der Waals surface area contributed by atoms with E-state index in [2.05, 4.69) is 18.7 Å². The molecule has 1 atom stereocenters. The van der Waals surface area contributed by atoms with Crippen LogP contribution in [0.2, 0.25) is 0 Å². The van der Waals surface area contributed by atoms with Gasteiger partial charge in [-0.15, -0.1) is 0 Å². The Morgan fingerprint density at radius 1 is 0.524 bits per heavy atom. The molecule has 1 unspecified atom stereocenters. The van der Waals surface area contributed by atoms with Crippen molar-refractivity contribution in [2.45, 2.75) is 113 Å². The number of hydrogen-bond acceptors (Lipinski definition) is 0. The van der Waals surface area contributed by atoms with Crippen LogP contribution >= 0.6 is 13.4 Å². The van der Waals surface area contributed by atoms with Crippen LogP contribution in [0.4, 0.5) is 0 Å². The Morgan fingerprint density at radius 2 is 0.810 bits per heavy atom. The molecule has 127 valence electrons. The predicted molar refractivity (Wildman–Crippen MR) is 97.2 cm³/mol. The molecule has 0 radical (unpaired) electrons. The van der Waals surface area contributed by atoms with Gasteiger partial charge in [-0.3, -0.25) is 0 Å². The predicted octanol–water partition coefficient (Wildman–Crippen LogP) is 6.79. The van der Waals surface area contributed by atoms with E-state index in [0.29, 0.717) is 0 Å². The first-order chi connectivity index (χ1) is 10.4. The molecule has 0 spiro atoms. The molecule has 0 aromatic carbocycles. The van der Waals surface area contributed by atoms with Crippen LogP contribution in [0.1, 0.15) is 96.3 Å². The summed E-state index contributed by atoms with van der Waals surface area (Å²) in [7, 11) is 0. The zero-order valence-corrected chi connectivity index (χ0v) is 17.2. The molecule has 3 saturated carbocycles. The molecule has 3 aliphatic rings. The molecular weight excluding hydrogens is 385 g/mol. The van der Waals surface area contributed by atoms with Gasteiger partial charge >= 0.3 is 145 Å². The van der Waals surface area contributed by atoms with Crippen LogP contribution in [0.5, 0.6) is 0 Å². The molecule has 0 aromatic heterocycles. The van der Waals surface area contributed by atoms with Crippen LogP contribution in [0.15, 0.2) is 0 Å². The molecule has 3 fully saturated rings. The summed E-state index contributed by atoms with van der Waals surface area (Å²) in [5.74, 6) is 0. The van der Waals surface area contributed by atoms with Gasteiger partial charge in [0.25, 0.3) is 0 Å². The summed E-state index contributed by atoms with van der Waals surface area (Å²) in [6, 6.07) is 0. The van der Waals surface area contributed by atoms with Crippen LogP contribution in [-0.2, 0) is 18.7 Å². The summed E-state index contributed by atoms with van der Waals surface area (Å²) in [5.41, 5.74) is 3.60. The quantitative estimate of drug-likeness (QED) is 0.347. The Kier molecular flexibility index (Phi) is 7.08. The van der Waals surface area contributed by atoms with Crippen LogP contribution in [0.25, 0.3) is 0 Å². The van der Waals surface area contributed by atoms with Gasteiger partial charge in [0.1, 0.15) is 0 Å². The van der Waals surface area contributed by atoms with E-state index < -0.39 is 6.95 Å². The zero-order valence-electron chi connectivity index (χ0n) is 13.7. The van der Waals surface area contributed by atoms with E-state index in [0.717, 1.165) is 0 Å². The van der Waals surface area contributed by atoms with Crippen LogP contribution < -0.4 is 0 Å². The second-order valence-electron chi connectivity index (χ2n) is 8.02. The fourth-order valence-electron chi connectivity index (χ4n) is 5.93. The van der Waals surface area contributed by atoms with Crippen molar-refractivity contribution in [1.29, 1.82) is 0 Å². The first-order valence-electron chi connectivity index (χ1n) is 9.72. The van der Waals surface area contributed by atoms with Gasteiger partial charge in [0.15, 0.2) is 0 Å². The molecule has 0 saturated heterocycles. The fourth-order valence-corrected chi connectivity index (χ4v) is 24.7. The van der Waals surface area contributed by atoms with Gasteiger partial charge < -0.3 is 0 Å². The van der Waals surface area contributed by atoms with Gasteiger partial charge in [-0.05, 0) is 0 Å². The van der Waals surface area contributed by atoms with Crippen molar-refractivity contribution in [2.75, 3.05) is 0 Å². The van der Waals surface area contributed by atoms with Crippen LogP contribution in [0.3, 0.4) is 0 Å². The molecule has 3 rings (SSSR count). The minimum atomic E-state index is -1.11. The van der Waals surface area contributed by atoms with Gasteiger partial charge in [-0.2, -0.15) is 0 Å². The van der Waals surface area contributed by atoms with Crippen molar-refractivity contribution in [1.82, 2.24) is 0 Å². The normalized spacial score (nSPS) is 29.2. The molecule has 3 heteroatoms. The molecule has 0 nitrogen and oxygen atoms in total. The molecule has 0 aromatic rings. The minimum absolute atomic E-state index is 1.11. The van der Waals surface area contributed by atoms with E-state index >= 15 is 0 Å². The van der Waals surface area contributed by atoms with E-state index in [1.54, 1.807) is 77.0 Å². The van der Waals surface area contributed by atoms with Crippen LogP contribution in [-0.4, -0.2) is 17.0 Å². The fraction of sp³-hybridized carbons (Fsp3) is 1.00. The van der Waals surface area contributed by atoms with E-state index in [1.165, 1.54) is 42.7 Å². The Morgan fingerprint density at radius 3 is 1.05 bits per heavy atom. The monoisotopic (exact) mass is 419 g/mol. The molecule has 21 heavy (non-hydrogen) atoms. The van der Waals surface area contributed by atoms with Crippen molar-refractivity contribution in [3.8, 4) is 0 Å². The maximum atomic E-state index is 3.87. The van der Waals surface area contributed by atoms with E-state index in [9.17, 15) is 0 Å². The number of hydrogen-bond donors (Lipinski definition) is 0. The molecule has 0 amide bonds. The van der Waals surface area contributed by atoms with Crippen LogP contribution in [0, 0.1) is 0 Å². The first kappa shape index (κ1) is 17.3. The third-order valence-electron chi connectivity index (χ3n) is 6.98.